The van der Waals surface area contributed by atoms with Gasteiger partial charge < -0.3 is 2.85 Å². The quantitative estimate of drug-likeness (QED) is 0.540. The van der Waals surface area contributed by atoms with E-state index in [2.05, 4.69) is 0 Å². The van der Waals surface area contributed by atoms with Crippen LogP contribution in [0.3, 0.4) is 0 Å². The van der Waals surface area contributed by atoms with E-state index < -0.39 is 0 Å². The van der Waals surface area contributed by atoms with Crippen LogP contribution in [0, 0.1) is 0 Å². The van der Waals surface area contributed by atoms with Crippen molar-refractivity contribution in [2.45, 2.75) is 5.88 Å². The molecule has 0 aromatic heterocycles. The fraction of sp³-hybridized carbons (Fsp3) is 0.143. The molecule has 0 unspecified atom stereocenters. The maximum absolute atomic E-state index is 5.53. The van der Waals surface area contributed by atoms with Crippen LogP contribution in [0.2, 0.25) is 0 Å². The van der Waals surface area contributed by atoms with Crippen molar-refractivity contribution in [2.75, 3.05) is 0 Å². The third kappa shape index (κ3) is 3.71. The Bertz CT molecular complexity index is 158. The van der Waals surface area contributed by atoms with Crippen LogP contribution in [0.15, 0.2) is 30.3 Å². The molecule has 0 aliphatic rings. The summed E-state index contributed by atoms with van der Waals surface area (Å²) in [6, 6.07) is 9.96. The molecule has 0 aliphatic carbocycles. The molecule has 1 rings (SSSR count). The Hall–Kier alpha value is 1.08. The molecular formula is C7H9BaCl. The molecule has 0 atom stereocenters. The Morgan fingerprint density at radius 3 is 2.11 bits per heavy atom. The second kappa shape index (κ2) is 5.84. The second-order valence-corrected chi connectivity index (χ2v) is 1.89. The van der Waals surface area contributed by atoms with Gasteiger partial charge in [-0.25, -0.2) is 0 Å². The normalized spacial score (nSPS) is 8.11. The zero-order valence-corrected chi connectivity index (χ0v) is 10.4. The number of hydrogen-bond acceptors (Lipinski definition) is 0. The first kappa shape index (κ1) is 10.1. The minimum absolute atomic E-state index is 0. The Labute approximate surface area is 104 Å². The Balaban J connectivity index is -0.000000213. The number of hydrogen-bond donors (Lipinski definition) is 0. The summed E-state index contributed by atoms with van der Waals surface area (Å²) in [6.07, 6.45) is 0. The number of halogens is 1. The van der Waals surface area contributed by atoms with E-state index >= 15 is 0 Å². The van der Waals surface area contributed by atoms with Crippen LogP contribution in [-0.4, -0.2) is 48.9 Å². The Kier molecular flexibility index (Phi) is 6.54. The molecule has 0 fully saturated rings. The molecule has 0 N–H and O–H groups in total. The molecule has 1 aromatic carbocycles. The van der Waals surface area contributed by atoms with Gasteiger partial charge in [0.15, 0.2) is 0 Å². The summed E-state index contributed by atoms with van der Waals surface area (Å²) in [7, 11) is 0. The van der Waals surface area contributed by atoms with E-state index in [-0.39, 0.29) is 51.7 Å². The van der Waals surface area contributed by atoms with Gasteiger partial charge in [-0.1, -0.05) is 30.3 Å². The average Bonchev–Trinajstić information content (AvgIpc) is 1.90. The van der Waals surface area contributed by atoms with E-state index in [9.17, 15) is 0 Å². The van der Waals surface area contributed by atoms with Crippen molar-refractivity contribution in [1.82, 2.24) is 0 Å². The standard InChI is InChI=1S/C7H7Cl.Ba.2H/c8-6-7-4-2-1-3-5-7;;;/h1-5H,6H2;;;/q;+2;2*-1. The van der Waals surface area contributed by atoms with Crippen LogP contribution in [-0.2, 0) is 5.88 Å². The molecule has 0 nitrogen and oxygen atoms in total. The van der Waals surface area contributed by atoms with Gasteiger partial charge in [0.25, 0.3) is 0 Å². The van der Waals surface area contributed by atoms with Gasteiger partial charge in [-0.2, -0.15) is 0 Å². The molecule has 0 amide bonds. The topological polar surface area (TPSA) is 0 Å². The second-order valence-electron chi connectivity index (χ2n) is 1.62. The van der Waals surface area contributed by atoms with Crippen LogP contribution in [0.4, 0.5) is 0 Å². The maximum Gasteiger partial charge on any atom is 2.00 e. The third-order valence-electron chi connectivity index (χ3n) is 0.997. The van der Waals surface area contributed by atoms with E-state index in [1.165, 1.54) is 5.56 Å². The Morgan fingerprint density at radius 1 is 1.22 bits per heavy atom. The van der Waals surface area contributed by atoms with Crippen LogP contribution in [0.1, 0.15) is 8.42 Å². The summed E-state index contributed by atoms with van der Waals surface area (Å²) in [5.41, 5.74) is 1.18. The predicted octanol–water partition coefficient (Wildman–Crippen LogP) is 2.27. The fourth-order valence-corrected chi connectivity index (χ4v) is 0.745. The van der Waals surface area contributed by atoms with E-state index in [1.54, 1.807) is 0 Å². The van der Waals surface area contributed by atoms with Gasteiger partial charge in [0, 0.05) is 5.88 Å². The van der Waals surface area contributed by atoms with E-state index in [0.717, 1.165) is 0 Å². The van der Waals surface area contributed by atoms with Crippen molar-refractivity contribution in [3.8, 4) is 0 Å². The molecule has 0 spiro atoms. The number of alkyl halides is 1. The molecule has 0 aliphatic heterocycles. The maximum atomic E-state index is 5.53. The molecule has 2 heteroatoms. The van der Waals surface area contributed by atoms with Crippen LogP contribution in [0.25, 0.3) is 0 Å². The zero-order valence-electron chi connectivity index (χ0n) is 7.18. The predicted molar refractivity (Wildman–Crippen MR) is 44.0 cm³/mol. The zero-order chi connectivity index (χ0) is 5.82. The average molecular weight is 266 g/mol. The number of benzene rings is 1. The molecule has 46 valence electrons. The van der Waals surface area contributed by atoms with Gasteiger partial charge in [0.05, 0.1) is 0 Å². The van der Waals surface area contributed by atoms with Crippen molar-refractivity contribution in [2.24, 2.45) is 0 Å². The van der Waals surface area contributed by atoms with Gasteiger partial charge in [-0.3, -0.25) is 0 Å². The monoisotopic (exact) mass is 266 g/mol. The van der Waals surface area contributed by atoms with Gasteiger partial charge in [-0.15, -0.1) is 11.6 Å². The number of rotatable bonds is 1. The minimum atomic E-state index is 0. The van der Waals surface area contributed by atoms with Crippen molar-refractivity contribution >= 4 is 60.5 Å². The van der Waals surface area contributed by atoms with Crippen molar-refractivity contribution in [1.29, 1.82) is 0 Å². The molecule has 1 aromatic rings. The Morgan fingerprint density at radius 2 is 1.78 bits per heavy atom. The van der Waals surface area contributed by atoms with Gasteiger partial charge in [-0.05, 0) is 5.56 Å². The largest absolute Gasteiger partial charge is 2.00 e. The van der Waals surface area contributed by atoms with E-state index in [0.29, 0.717) is 5.88 Å². The van der Waals surface area contributed by atoms with Gasteiger partial charge in [0.2, 0.25) is 0 Å². The summed E-state index contributed by atoms with van der Waals surface area (Å²) in [5.74, 6) is 0.612. The molecule has 0 bridgehead atoms. The van der Waals surface area contributed by atoms with E-state index in [4.69, 9.17) is 11.6 Å². The summed E-state index contributed by atoms with van der Waals surface area (Å²) in [6.45, 7) is 0. The first-order chi connectivity index (χ1) is 3.93. The minimum Gasteiger partial charge on any atom is -1.00 e. The molecule has 0 radical (unpaired) electrons. The molecular weight excluding hydrogens is 257 g/mol. The summed E-state index contributed by atoms with van der Waals surface area (Å²) in [4.78, 5) is 0. The van der Waals surface area contributed by atoms with Gasteiger partial charge >= 0.3 is 48.9 Å². The van der Waals surface area contributed by atoms with E-state index in [1.807, 2.05) is 30.3 Å². The molecule has 0 heterocycles. The fourth-order valence-electron chi connectivity index (χ4n) is 0.567. The summed E-state index contributed by atoms with van der Waals surface area (Å²) < 4.78 is 0. The first-order valence-corrected chi connectivity index (χ1v) is 3.07. The van der Waals surface area contributed by atoms with Gasteiger partial charge in [0.1, 0.15) is 0 Å². The van der Waals surface area contributed by atoms with Crippen molar-refractivity contribution in [3.05, 3.63) is 35.9 Å². The smallest absolute Gasteiger partial charge is 1.00 e. The SMILES string of the molecule is ClCc1ccccc1.[Ba+2].[H-].[H-]. The van der Waals surface area contributed by atoms with Crippen molar-refractivity contribution in [3.63, 3.8) is 0 Å². The molecule has 0 saturated heterocycles. The van der Waals surface area contributed by atoms with Crippen LogP contribution in [0.5, 0.6) is 0 Å². The first-order valence-electron chi connectivity index (χ1n) is 2.53. The summed E-state index contributed by atoms with van der Waals surface area (Å²) in [5, 5.41) is 0. The molecule has 9 heavy (non-hydrogen) atoms. The molecule has 0 saturated carbocycles. The van der Waals surface area contributed by atoms with Crippen LogP contribution >= 0.6 is 11.6 Å². The van der Waals surface area contributed by atoms with Crippen molar-refractivity contribution < 1.29 is 2.85 Å². The summed E-state index contributed by atoms with van der Waals surface area (Å²) >= 11 is 5.53. The third-order valence-corrected chi connectivity index (χ3v) is 1.31. The van der Waals surface area contributed by atoms with Crippen LogP contribution < -0.4 is 0 Å².